The van der Waals surface area contributed by atoms with Gasteiger partial charge in [0.05, 0.1) is 13.2 Å². The highest BCUT2D eigenvalue weighted by Crippen LogP contribution is 2.25. The molecule has 1 aliphatic rings. The molecular weight excluding hydrogens is 350 g/mol. The van der Waals surface area contributed by atoms with Gasteiger partial charge < -0.3 is 19.5 Å². The molecule has 5 heteroatoms. The van der Waals surface area contributed by atoms with Crippen LogP contribution in [0.15, 0.2) is 54.6 Å². The molecule has 2 aromatic carbocycles. The van der Waals surface area contributed by atoms with Crippen LogP contribution in [0.4, 0.5) is 0 Å². The van der Waals surface area contributed by atoms with E-state index in [1.807, 2.05) is 54.1 Å². The van der Waals surface area contributed by atoms with Gasteiger partial charge in [-0.15, -0.1) is 0 Å². The Hall–Kier alpha value is -2.79. The number of methoxy groups -OCH3 is 1. The summed E-state index contributed by atoms with van der Waals surface area (Å²) in [4.78, 5) is 15.6. The highest BCUT2D eigenvalue weighted by Gasteiger charge is 2.22. The number of likely N-dealkylation sites (tertiary alicyclic amines) is 1. The van der Waals surface area contributed by atoms with Gasteiger partial charge in [-0.3, -0.25) is 4.79 Å². The lowest BCUT2D eigenvalue weighted by Crippen LogP contribution is -2.37. The predicted octanol–water partition coefficient (Wildman–Crippen LogP) is 3.75. The van der Waals surface area contributed by atoms with Crippen molar-refractivity contribution in [3.63, 3.8) is 0 Å². The second-order valence-electron chi connectivity index (χ2n) is 7.46. The molecule has 1 fully saturated rings. The van der Waals surface area contributed by atoms with Gasteiger partial charge in [0.2, 0.25) is 0 Å². The SMILES string of the molecule is COc1ccc2c(c1)cc(C(=O)N[C@@H](CN1CCCC1)c1ccccc1)n2C. The maximum atomic E-state index is 13.2. The average Bonchev–Trinajstić information content (AvgIpc) is 3.35. The first-order valence-corrected chi connectivity index (χ1v) is 9.87. The van der Waals surface area contributed by atoms with Crippen molar-refractivity contribution in [1.29, 1.82) is 0 Å². The molecule has 1 aliphatic heterocycles. The summed E-state index contributed by atoms with van der Waals surface area (Å²) < 4.78 is 7.26. The molecule has 1 amide bonds. The van der Waals surface area contributed by atoms with E-state index in [0.717, 1.165) is 41.9 Å². The van der Waals surface area contributed by atoms with Gasteiger partial charge in [0.15, 0.2) is 0 Å². The maximum absolute atomic E-state index is 13.2. The summed E-state index contributed by atoms with van der Waals surface area (Å²) in [6, 6.07) is 18.0. The molecule has 5 nitrogen and oxygen atoms in total. The second-order valence-corrected chi connectivity index (χ2v) is 7.46. The van der Waals surface area contributed by atoms with Gasteiger partial charge in [-0.1, -0.05) is 30.3 Å². The van der Waals surface area contributed by atoms with Crippen molar-refractivity contribution in [3.8, 4) is 5.75 Å². The Morgan fingerprint density at radius 2 is 1.86 bits per heavy atom. The van der Waals surface area contributed by atoms with Crippen LogP contribution in [0.1, 0.15) is 34.9 Å². The van der Waals surface area contributed by atoms with E-state index in [0.29, 0.717) is 5.69 Å². The summed E-state index contributed by atoms with van der Waals surface area (Å²) in [6.07, 6.45) is 2.47. The maximum Gasteiger partial charge on any atom is 0.268 e. The number of benzene rings is 2. The van der Waals surface area contributed by atoms with Gasteiger partial charge in [-0.25, -0.2) is 0 Å². The first-order chi connectivity index (χ1) is 13.7. The number of carbonyl (C=O) groups is 1. The Balaban J connectivity index is 1.60. The fourth-order valence-electron chi connectivity index (χ4n) is 4.05. The summed E-state index contributed by atoms with van der Waals surface area (Å²) in [5.74, 6) is 0.743. The largest absolute Gasteiger partial charge is 0.497 e. The molecule has 0 radical (unpaired) electrons. The van der Waals surface area contributed by atoms with Crippen molar-refractivity contribution in [2.24, 2.45) is 7.05 Å². The van der Waals surface area contributed by atoms with Gasteiger partial charge in [-0.05, 0) is 55.8 Å². The molecule has 1 atom stereocenters. The number of amides is 1. The van der Waals surface area contributed by atoms with Crippen LogP contribution in [0.2, 0.25) is 0 Å². The quantitative estimate of drug-likeness (QED) is 0.712. The van der Waals surface area contributed by atoms with Crippen LogP contribution in [0.25, 0.3) is 10.9 Å². The number of carbonyl (C=O) groups excluding carboxylic acids is 1. The third kappa shape index (κ3) is 3.76. The second kappa shape index (κ2) is 8.07. The summed E-state index contributed by atoms with van der Waals surface area (Å²) in [7, 11) is 3.59. The number of hydrogen-bond donors (Lipinski definition) is 1. The van der Waals surface area contributed by atoms with Gasteiger partial charge in [0.1, 0.15) is 11.4 Å². The molecule has 3 aromatic rings. The highest BCUT2D eigenvalue weighted by molar-refractivity contribution is 5.99. The minimum Gasteiger partial charge on any atom is -0.497 e. The highest BCUT2D eigenvalue weighted by atomic mass is 16.5. The molecule has 0 bridgehead atoms. The predicted molar refractivity (Wildman–Crippen MR) is 112 cm³/mol. The molecule has 4 rings (SSSR count). The van der Waals surface area contributed by atoms with Crippen molar-refractivity contribution >= 4 is 16.8 Å². The number of aromatic nitrogens is 1. The summed E-state index contributed by atoms with van der Waals surface area (Å²) in [5, 5.41) is 4.28. The molecule has 1 saturated heterocycles. The molecular formula is C23H27N3O2. The average molecular weight is 377 g/mol. The monoisotopic (exact) mass is 377 g/mol. The van der Waals surface area contributed by atoms with Crippen molar-refractivity contribution in [1.82, 2.24) is 14.8 Å². The first kappa shape index (κ1) is 18.6. The Bertz CT molecular complexity index is 959. The number of hydrogen-bond acceptors (Lipinski definition) is 3. The third-order valence-corrected chi connectivity index (χ3v) is 5.63. The topological polar surface area (TPSA) is 46.5 Å². The number of nitrogens with one attached hydrogen (secondary N) is 1. The summed E-state index contributed by atoms with van der Waals surface area (Å²) in [6.45, 7) is 3.05. The van der Waals surface area contributed by atoms with Gasteiger partial charge >= 0.3 is 0 Å². The lowest BCUT2D eigenvalue weighted by molar-refractivity contribution is 0.0919. The minimum atomic E-state index is -0.0503. The van der Waals surface area contributed by atoms with E-state index in [1.165, 1.54) is 12.8 Å². The minimum absolute atomic E-state index is 0.0284. The number of fused-ring (bicyclic) bond motifs is 1. The first-order valence-electron chi connectivity index (χ1n) is 9.87. The zero-order valence-electron chi connectivity index (χ0n) is 16.5. The number of aryl methyl sites for hydroxylation is 1. The Morgan fingerprint density at radius 3 is 2.57 bits per heavy atom. The van der Waals surface area contributed by atoms with Crippen LogP contribution in [-0.4, -0.2) is 42.1 Å². The fourth-order valence-corrected chi connectivity index (χ4v) is 4.05. The summed E-state index contributed by atoms with van der Waals surface area (Å²) >= 11 is 0. The smallest absolute Gasteiger partial charge is 0.268 e. The van der Waals surface area contributed by atoms with Crippen molar-refractivity contribution in [2.75, 3.05) is 26.7 Å². The van der Waals surface area contributed by atoms with E-state index in [1.54, 1.807) is 7.11 Å². The van der Waals surface area contributed by atoms with Crippen LogP contribution >= 0.6 is 0 Å². The van der Waals surface area contributed by atoms with E-state index in [9.17, 15) is 4.79 Å². The van der Waals surface area contributed by atoms with Crippen LogP contribution in [-0.2, 0) is 7.05 Å². The number of rotatable bonds is 6. The van der Waals surface area contributed by atoms with Crippen molar-refractivity contribution < 1.29 is 9.53 Å². The van der Waals surface area contributed by atoms with E-state index in [-0.39, 0.29) is 11.9 Å². The van der Waals surface area contributed by atoms with E-state index >= 15 is 0 Å². The normalized spacial score (nSPS) is 15.6. The molecule has 0 aliphatic carbocycles. The van der Waals surface area contributed by atoms with Crippen LogP contribution in [0, 0.1) is 0 Å². The molecule has 1 aromatic heterocycles. The molecule has 0 saturated carbocycles. The Morgan fingerprint density at radius 1 is 1.11 bits per heavy atom. The standard InChI is InChI=1S/C23H27N3O2/c1-25-21-11-10-19(28-2)14-18(21)15-22(25)23(27)24-20(16-26-12-6-7-13-26)17-8-4-3-5-9-17/h3-5,8-11,14-15,20H,6-7,12-13,16H2,1-2H3,(H,24,27)/t20-/m0/s1. The molecule has 146 valence electrons. The van der Waals surface area contributed by atoms with Crippen LogP contribution < -0.4 is 10.1 Å². The van der Waals surface area contributed by atoms with Gasteiger partial charge in [0.25, 0.3) is 5.91 Å². The molecule has 28 heavy (non-hydrogen) atoms. The number of ether oxygens (including phenoxy) is 1. The van der Waals surface area contributed by atoms with Crippen molar-refractivity contribution in [3.05, 3.63) is 65.9 Å². The third-order valence-electron chi connectivity index (χ3n) is 5.63. The van der Waals surface area contributed by atoms with Crippen molar-refractivity contribution in [2.45, 2.75) is 18.9 Å². The molecule has 0 spiro atoms. The van der Waals surface area contributed by atoms with Crippen LogP contribution in [0.5, 0.6) is 5.75 Å². The molecule has 0 unspecified atom stereocenters. The molecule has 2 heterocycles. The van der Waals surface area contributed by atoms with Gasteiger partial charge in [0, 0.05) is 24.5 Å². The lowest BCUT2D eigenvalue weighted by atomic mass is 10.1. The Labute approximate surface area is 165 Å². The lowest BCUT2D eigenvalue weighted by Gasteiger charge is -2.25. The molecule has 1 N–H and O–H groups in total. The van der Waals surface area contributed by atoms with Crippen LogP contribution in [0.3, 0.4) is 0 Å². The van der Waals surface area contributed by atoms with E-state index < -0.39 is 0 Å². The van der Waals surface area contributed by atoms with E-state index in [4.69, 9.17) is 4.74 Å². The summed E-state index contributed by atoms with van der Waals surface area (Å²) in [5.41, 5.74) is 2.82. The zero-order chi connectivity index (χ0) is 19.5. The van der Waals surface area contributed by atoms with E-state index in [2.05, 4.69) is 22.3 Å². The zero-order valence-corrected chi connectivity index (χ0v) is 16.5. The Kier molecular flexibility index (Phi) is 5.35. The van der Waals surface area contributed by atoms with Gasteiger partial charge in [-0.2, -0.15) is 0 Å². The fraction of sp³-hybridized carbons (Fsp3) is 0.348. The number of nitrogens with zero attached hydrogens (tertiary/aromatic N) is 2.